The van der Waals surface area contributed by atoms with Gasteiger partial charge in [-0.15, -0.1) is 0 Å². The number of nitrogens with one attached hydrogen (secondary N) is 1. The third-order valence-electron chi connectivity index (χ3n) is 5.85. The van der Waals surface area contributed by atoms with E-state index in [4.69, 9.17) is 11.6 Å². The van der Waals surface area contributed by atoms with Crippen LogP contribution in [0.25, 0.3) is 11.3 Å². The van der Waals surface area contributed by atoms with Gasteiger partial charge in [-0.25, -0.2) is 14.4 Å². The number of amides is 1. The molecule has 0 saturated heterocycles. The van der Waals surface area contributed by atoms with Gasteiger partial charge in [0.15, 0.2) is 0 Å². The number of rotatable bonds is 5. The first-order valence-corrected chi connectivity index (χ1v) is 11.2. The van der Waals surface area contributed by atoms with Gasteiger partial charge < -0.3 is 10.2 Å². The average Bonchev–Trinajstić information content (AvgIpc) is 3.47. The number of aryl methyl sites for hydroxylation is 1. The Bertz CT molecular complexity index is 1490. The summed E-state index contributed by atoms with van der Waals surface area (Å²) in [6, 6.07) is 13.4. The second kappa shape index (κ2) is 9.16. The summed E-state index contributed by atoms with van der Waals surface area (Å²) in [5, 5.41) is 17.5. The van der Waals surface area contributed by atoms with Crippen LogP contribution in [-0.2, 0) is 24.7 Å². The largest absolute Gasteiger partial charge is 0.310 e. The van der Waals surface area contributed by atoms with Crippen LogP contribution in [0.15, 0.2) is 54.9 Å². The predicted octanol–water partition coefficient (Wildman–Crippen LogP) is 4.42. The Hall–Kier alpha value is -4.29. The molecule has 2 aromatic heterocycles. The molecule has 0 bridgehead atoms. The van der Waals surface area contributed by atoms with E-state index in [-0.39, 0.29) is 12.3 Å². The Morgan fingerprint density at radius 2 is 2.09 bits per heavy atom. The molecule has 0 unspecified atom stereocenters. The number of fused-ring (bicyclic) bond motifs is 1. The maximum Gasteiger partial charge on any atom is 0.231 e. The quantitative estimate of drug-likeness (QED) is 0.447. The van der Waals surface area contributed by atoms with E-state index in [9.17, 15) is 14.4 Å². The monoisotopic (exact) mass is 487 g/mol. The number of carbonyl (C=O) groups excluding carboxylic acids is 1. The van der Waals surface area contributed by atoms with Gasteiger partial charge in [0.05, 0.1) is 29.6 Å². The van der Waals surface area contributed by atoms with Crippen LogP contribution in [-0.4, -0.2) is 32.2 Å². The van der Waals surface area contributed by atoms with Crippen molar-refractivity contribution in [1.82, 2.24) is 19.7 Å². The molecular formula is C25H19ClFN7O. The van der Waals surface area contributed by atoms with Gasteiger partial charge in [0, 0.05) is 36.4 Å². The van der Waals surface area contributed by atoms with Gasteiger partial charge in [0.1, 0.15) is 17.7 Å². The SMILES string of the molecule is Cn1nccc1Nc1nccc(-c2cc(C#N)c3c(c2)CCN3C(=O)Cc2cc(F)ccc2Cl)n1. The highest BCUT2D eigenvalue weighted by Gasteiger charge is 2.29. The van der Waals surface area contributed by atoms with Crippen molar-refractivity contribution in [3.63, 3.8) is 0 Å². The molecule has 35 heavy (non-hydrogen) atoms. The van der Waals surface area contributed by atoms with E-state index in [1.54, 1.807) is 41.2 Å². The molecule has 0 fully saturated rings. The highest BCUT2D eigenvalue weighted by Crippen LogP contribution is 2.36. The standard InChI is InChI=1S/C25H19ClFN7O/c1-33-22(5-8-30-33)32-25-29-7-4-21(31-25)17-10-15-6-9-34(24(15)18(11-17)14-28)23(35)13-16-12-19(27)2-3-20(16)26/h2-5,7-8,10-12H,6,9,13H2,1H3,(H,29,31,32). The Labute approximate surface area is 205 Å². The smallest absolute Gasteiger partial charge is 0.231 e. The first-order chi connectivity index (χ1) is 16.9. The second-order valence-corrected chi connectivity index (χ2v) is 8.49. The van der Waals surface area contributed by atoms with E-state index >= 15 is 0 Å². The molecule has 10 heteroatoms. The molecular weight excluding hydrogens is 469 g/mol. The lowest BCUT2D eigenvalue weighted by atomic mass is 10.0. The van der Waals surface area contributed by atoms with Crippen molar-refractivity contribution >= 4 is 35.0 Å². The Morgan fingerprint density at radius 3 is 2.86 bits per heavy atom. The van der Waals surface area contributed by atoms with Crippen LogP contribution >= 0.6 is 11.6 Å². The second-order valence-electron chi connectivity index (χ2n) is 8.08. The number of nitrogens with zero attached hydrogens (tertiary/aromatic N) is 6. The molecule has 3 heterocycles. The fourth-order valence-electron chi connectivity index (χ4n) is 4.16. The molecule has 0 saturated carbocycles. The number of hydrogen-bond donors (Lipinski definition) is 1. The Kier molecular flexibility index (Phi) is 5.89. The van der Waals surface area contributed by atoms with Gasteiger partial charge in [0.25, 0.3) is 0 Å². The Morgan fingerprint density at radius 1 is 1.23 bits per heavy atom. The van der Waals surface area contributed by atoms with E-state index in [1.807, 2.05) is 12.1 Å². The lowest BCUT2D eigenvalue weighted by Gasteiger charge is -2.19. The topological polar surface area (TPSA) is 99.7 Å². The summed E-state index contributed by atoms with van der Waals surface area (Å²) in [5.74, 6) is 0.434. The van der Waals surface area contributed by atoms with Crippen LogP contribution in [0.4, 0.5) is 21.8 Å². The molecule has 1 aliphatic rings. The van der Waals surface area contributed by atoms with Gasteiger partial charge in [-0.3, -0.25) is 9.48 Å². The summed E-state index contributed by atoms with van der Waals surface area (Å²) in [6.45, 7) is 0.427. The highest BCUT2D eigenvalue weighted by atomic mass is 35.5. The number of nitriles is 1. The number of carbonyl (C=O) groups is 1. The number of hydrogen-bond acceptors (Lipinski definition) is 6. The summed E-state index contributed by atoms with van der Waals surface area (Å²) in [5.41, 5.74) is 3.62. The highest BCUT2D eigenvalue weighted by molar-refractivity contribution is 6.31. The van der Waals surface area contributed by atoms with Gasteiger partial charge in [-0.1, -0.05) is 11.6 Å². The third kappa shape index (κ3) is 4.44. The molecule has 1 aliphatic heterocycles. The minimum Gasteiger partial charge on any atom is -0.310 e. The minimum absolute atomic E-state index is 0.0579. The minimum atomic E-state index is -0.455. The molecule has 174 valence electrons. The molecule has 0 atom stereocenters. The lowest BCUT2D eigenvalue weighted by Crippen LogP contribution is -2.31. The van der Waals surface area contributed by atoms with E-state index in [0.717, 1.165) is 16.9 Å². The van der Waals surface area contributed by atoms with Crippen LogP contribution in [0, 0.1) is 17.1 Å². The fourth-order valence-corrected chi connectivity index (χ4v) is 4.34. The van der Waals surface area contributed by atoms with Crippen LogP contribution in [0.5, 0.6) is 0 Å². The average molecular weight is 488 g/mol. The van der Waals surface area contributed by atoms with E-state index in [1.165, 1.54) is 18.2 Å². The molecule has 2 aromatic carbocycles. The summed E-state index contributed by atoms with van der Waals surface area (Å²) in [4.78, 5) is 23.5. The number of anilines is 3. The maximum atomic E-state index is 13.6. The van der Waals surface area contributed by atoms with Crippen molar-refractivity contribution < 1.29 is 9.18 Å². The molecule has 5 rings (SSSR count). The zero-order valence-electron chi connectivity index (χ0n) is 18.7. The summed E-state index contributed by atoms with van der Waals surface area (Å²) in [7, 11) is 1.81. The van der Waals surface area contributed by atoms with Crippen molar-refractivity contribution in [2.24, 2.45) is 7.05 Å². The van der Waals surface area contributed by atoms with Crippen LogP contribution < -0.4 is 10.2 Å². The number of halogens is 2. The van der Waals surface area contributed by atoms with E-state index in [2.05, 4.69) is 26.5 Å². The normalized spacial score (nSPS) is 12.3. The van der Waals surface area contributed by atoms with E-state index in [0.29, 0.717) is 46.4 Å². The van der Waals surface area contributed by atoms with E-state index < -0.39 is 5.82 Å². The lowest BCUT2D eigenvalue weighted by molar-refractivity contribution is -0.117. The zero-order valence-corrected chi connectivity index (χ0v) is 19.4. The van der Waals surface area contributed by atoms with Gasteiger partial charge in [-0.2, -0.15) is 10.4 Å². The van der Waals surface area contributed by atoms with Crippen molar-refractivity contribution in [2.75, 3.05) is 16.8 Å². The van der Waals surface area contributed by atoms with Gasteiger partial charge >= 0.3 is 0 Å². The van der Waals surface area contributed by atoms with Crippen molar-refractivity contribution in [3.8, 4) is 17.3 Å². The fraction of sp³-hybridized carbons (Fsp3) is 0.160. The van der Waals surface area contributed by atoms with Gasteiger partial charge in [-0.05, 0) is 53.9 Å². The van der Waals surface area contributed by atoms with Crippen molar-refractivity contribution in [3.05, 3.63) is 82.4 Å². The number of benzene rings is 2. The van der Waals surface area contributed by atoms with Crippen molar-refractivity contribution in [1.29, 1.82) is 5.26 Å². The van der Waals surface area contributed by atoms with Crippen LogP contribution in [0.1, 0.15) is 16.7 Å². The predicted molar refractivity (Wildman–Crippen MR) is 130 cm³/mol. The molecule has 8 nitrogen and oxygen atoms in total. The molecule has 0 spiro atoms. The first kappa shape index (κ1) is 22.5. The molecule has 4 aromatic rings. The summed E-state index contributed by atoms with van der Waals surface area (Å²) in [6.07, 6.45) is 3.84. The van der Waals surface area contributed by atoms with Crippen molar-refractivity contribution in [2.45, 2.75) is 12.8 Å². The Balaban J connectivity index is 1.44. The molecule has 0 radical (unpaired) electrons. The summed E-state index contributed by atoms with van der Waals surface area (Å²) >= 11 is 6.15. The molecule has 1 amide bonds. The van der Waals surface area contributed by atoms with Crippen LogP contribution in [0.2, 0.25) is 5.02 Å². The van der Waals surface area contributed by atoms with Gasteiger partial charge in [0.2, 0.25) is 11.9 Å². The zero-order chi connectivity index (χ0) is 24.5. The third-order valence-corrected chi connectivity index (χ3v) is 6.22. The summed E-state index contributed by atoms with van der Waals surface area (Å²) < 4.78 is 15.3. The molecule has 0 aliphatic carbocycles. The first-order valence-electron chi connectivity index (χ1n) is 10.8. The number of aromatic nitrogens is 4. The molecule has 1 N–H and O–H groups in total. The maximum absolute atomic E-state index is 13.6. The van der Waals surface area contributed by atoms with Crippen LogP contribution in [0.3, 0.4) is 0 Å².